The summed E-state index contributed by atoms with van der Waals surface area (Å²) in [6, 6.07) is 14.8. The molecule has 2 aromatic carbocycles. The first-order chi connectivity index (χ1) is 8.36. The topological polar surface area (TPSA) is 0 Å². The lowest BCUT2D eigenvalue weighted by atomic mass is 9.89. The molecular weight excluding hydrogens is 224 g/mol. The lowest BCUT2D eigenvalue weighted by Crippen LogP contribution is -2.08. The first kappa shape index (κ1) is 10.4. The van der Waals surface area contributed by atoms with Crippen molar-refractivity contribution in [1.29, 1.82) is 0 Å². The molecule has 1 radical (unpaired) electrons. The minimum Gasteiger partial charge on any atom is -0.0832 e. The highest BCUT2D eigenvalue weighted by Gasteiger charge is 2.16. The number of hydrogen-bond donors (Lipinski definition) is 0. The lowest BCUT2D eigenvalue weighted by molar-refractivity contribution is 1.18. The molecule has 17 heavy (non-hydrogen) atoms. The zero-order chi connectivity index (χ0) is 11.7. The predicted molar refractivity (Wildman–Crippen MR) is 76.2 cm³/mol. The van der Waals surface area contributed by atoms with Gasteiger partial charge in [0.15, 0.2) is 0 Å². The molecule has 0 bridgehead atoms. The van der Waals surface area contributed by atoms with Gasteiger partial charge in [-0.2, -0.15) is 0 Å². The van der Waals surface area contributed by atoms with Crippen molar-refractivity contribution < 1.29 is 0 Å². The van der Waals surface area contributed by atoms with Crippen LogP contribution in [0, 0.1) is 6.08 Å². The molecule has 81 valence electrons. The van der Waals surface area contributed by atoms with Crippen molar-refractivity contribution in [1.82, 2.24) is 0 Å². The largest absolute Gasteiger partial charge is 0.0832 e. The van der Waals surface area contributed by atoms with E-state index in [0.29, 0.717) is 0 Å². The maximum absolute atomic E-state index is 5.38. The monoisotopic (exact) mass is 235 g/mol. The van der Waals surface area contributed by atoms with E-state index in [2.05, 4.69) is 54.6 Å². The minimum atomic E-state index is 0.182. The van der Waals surface area contributed by atoms with Crippen LogP contribution in [0.4, 0.5) is 0 Å². The van der Waals surface area contributed by atoms with Crippen LogP contribution in [-0.4, -0.2) is 4.86 Å². The van der Waals surface area contributed by atoms with Gasteiger partial charge < -0.3 is 0 Å². The summed E-state index contributed by atoms with van der Waals surface area (Å²) in [5.41, 5.74) is 1.27. The quantitative estimate of drug-likeness (QED) is 0.667. The third-order valence-corrected chi connectivity index (χ3v) is 3.44. The van der Waals surface area contributed by atoms with Gasteiger partial charge in [0.25, 0.3) is 0 Å². The molecule has 0 saturated heterocycles. The summed E-state index contributed by atoms with van der Waals surface area (Å²) in [4.78, 5) is 0.865. The average Bonchev–Trinajstić information content (AvgIpc) is 2.39. The molecule has 0 heterocycles. The van der Waals surface area contributed by atoms with Crippen LogP contribution >= 0.6 is 12.2 Å². The van der Waals surface area contributed by atoms with Gasteiger partial charge in [-0.3, -0.25) is 0 Å². The third-order valence-electron chi connectivity index (χ3n) is 3.07. The lowest BCUT2D eigenvalue weighted by Gasteiger charge is -2.16. The predicted octanol–water partition coefficient (Wildman–Crippen LogP) is 4.22. The van der Waals surface area contributed by atoms with Crippen LogP contribution in [0.2, 0.25) is 0 Å². The van der Waals surface area contributed by atoms with Crippen molar-refractivity contribution in [3.8, 4) is 0 Å². The van der Waals surface area contributed by atoms with Crippen LogP contribution in [0.15, 0.2) is 60.7 Å². The smallest absolute Gasteiger partial charge is 0.0387 e. The number of thiocarbonyl (C=S) groups is 1. The van der Waals surface area contributed by atoms with E-state index in [1.165, 1.54) is 16.3 Å². The van der Waals surface area contributed by atoms with Gasteiger partial charge in [0, 0.05) is 10.8 Å². The van der Waals surface area contributed by atoms with E-state index in [0.717, 1.165) is 4.86 Å². The minimum absolute atomic E-state index is 0.182. The fourth-order valence-corrected chi connectivity index (χ4v) is 2.51. The number of benzene rings is 2. The van der Waals surface area contributed by atoms with E-state index in [1.54, 1.807) is 0 Å². The molecule has 1 unspecified atom stereocenters. The number of hydrogen-bond acceptors (Lipinski definition) is 1. The van der Waals surface area contributed by atoms with E-state index in [1.807, 2.05) is 12.2 Å². The fraction of sp³-hybridized carbons (Fsp3) is 0.0625. The van der Waals surface area contributed by atoms with Crippen molar-refractivity contribution in [3.63, 3.8) is 0 Å². The maximum Gasteiger partial charge on any atom is 0.0387 e. The Hall–Kier alpha value is -1.73. The highest BCUT2D eigenvalue weighted by atomic mass is 32.1. The van der Waals surface area contributed by atoms with Crippen molar-refractivity contribution in [2.24, 2.45) is 0 Å². The Morgan fingerprint density at radius 1 is 1.00 bits per heavy atom. The second-order valence-electron chi connectivity index (χ2n) is 4.11. The van der Waals surface area contributed by atoms with E-state index < -0.39 is 0 Å². The molecule has 0 nitrogen and oxygen atoms in total. The summed E-state index contributed by atoms with van der Waals surface area (Å²) in [5.74, 6) is 0.182. The van der Waals surface area contributed by atoms with Gasteiger partial charge in [0.1, 0.15) is 0 Å². The molecule has 0 saturated carbocycles. The summed E-state index contributed by atoms with van der Waals surface area (Å²) < 4.78 is 0. The fourth-order valence-electron chi connectivity index (χ4n) is 2.24. The molecule has 1 aliphatic carbocycles. The molecule has 0 N–H and O–H groups in total. The third kappa shape index (κ3) is 1.83. The van der Waals surface area contributed by atoms with Gasteiger partial charge in [-0.05, 0) is 22.4 Å². The first-order valence-electron chi connectivity index (χ1n) is 5.64. The van der Waals surface area contributed by atoms with Gasteiger partial charge >= 0.3 is 0 Å². The zero-order valence-corrected chi connectivity index (χ0v) is 10.1. The Bertz CT molecular complexity index is 630. The highest BCUT2D eigenvalue weighted by Crippen LogP contribution is 2.29. The molecule has 1 heteroatoms. The Morgan fingerprint density at radius 2 is 1.82 bits per heavy atom. The van der Waals surface area contributed by atoms with Gasteiger partial charge in [-0.25, -0.2) is 0 Å². The Kier molecular flexibility index (Phi) is 2.62. The summed E-state index contributed by atoms with van der Waals surface area (Å²) in [6.45, 7) is 0. The van der Waals surface area contributed by atoms with Crippen LogP contribution in [0.3, 0.4) is 0 Å². The normalized spacial score (nSPS) is 18.8. The van der Waals surface area contributed by atoms with Crippen LogP contribution in [-0.2, 0) is 0 Å². The van der Waals surface area contributed by atoms with Gasteiger partial charge in [0.05, 0.1) is 0 Å². The molecule has 3 rings (SSSR count). The molecule has 2 aromatic rings. The molecule has 1 atom stereocenters. The standard InChI is InChI=1S/C16H11S/c17-16-11-4-3-9-15(16)14-10-5-7-12-6-1-2-8-13(12)14/h1-10,15H. The SMILES string of the molecule is S=C1[C]=CC=CC1c1cccc2ccccc12. The van der Waals surface area contributed by atoms with Crippen molar-refractivity contribution in [2.45, 2.75) is 5.92 Å². The Labute approximate surface area is 106 Å². The molecule has 1 aliphatic rings. The molecule has 0 aliphatic heterocycles. The first-order valence-corrected chi connectivity index (χ1v) is 6.05. The highest BCUT2D eigenvalue weighted by molar-refractivity contribution is 7.80. The summed E-state index contributed by atoms with van der Waals surface area (Å²) in [7, 11) is 0. The van der Waals surface area contributed by atoms with Gasteiger partial charge in [0.2, 0.25) is 0 Å². The molecule has 0 fully saturated rings. The van der Waals surface area contributed by atoms with Gasteiger partial charge in [-0.1, -0.05) is 72.9 Å². The molecule has 0 aromatic heterocycles. The van der Waals surface area contributed by atoms with Crippen molar-refractivity contribution >= 4 is 27.9 Å². The summed E-state index contributed by atoms with van der Waals surface area (Å²) >= 11 is 5.38. The number of allylic oxidation sites excluding steroid dienone is 4. The van der Waals surface area contributed by atoms with E-state index in [9.17, 15) is 0 Å². The van der Waals surface area contributed by atoms with Crippen LogP contribution in [0.5, 0.6) is 0 Å². The molecular formula is C16H11S. The maximum atomic E-state index is 5.38. The van der Waals surface area contributed by atoms with Crippen molar-refractivity contribution in [2.75, 3.05) is 0 Å². The Morgan fingerprint density at radius 3 is 2.71 bits per heavy atom. The van der Waals surface area contributed by atoms with E-state index in [-0.39, 0.29) is 5.92 Å². The van der Waals surface area contributed by atoms with Crippen LogP contribution in [0.1, 0.15) is 11.5 Å². The second kappa shape index (κ2) is 4.27. The van der Waals surface area contributed by atoms with Crippen molar-refractivity contribution in [3.05, 3.63) is 72.3 Å². The van der Waals surface area contributed by atoms with Gasteiger partial charge in [-0.15, -0.1) is 0 Å². The summed E-state index contributed by atoms with van der Waals surface area (Å²) in [6.07, 6.45) is 9.15. The zero-order valence-electron chi connectivity index (χ0n) is 9.26. The summed E-state index contributed by atoms with van der Waals surface area (Å²) in [5, 5.41) is 2.53. The average molecular weight is 235 g/mol. The van der Waals surface area contributed by atoms with E-state index in [4.69, 9.17) is 12.2 Å². The van der Waals surface area contributed by atoms with Crippen LogP contribution in [0.25, 0.3) is 10.8 Å². The molecule has 0 amide bonds. The molecule has 0 spiro atoms. The van der Waals surface area contributed by atoms with Crippen LogP contribution < -0.4 is 0 Å². The second-order valence-corrected chi connectivity index (χ2v) is 4.55. The number of fused-ring (bicyclic) bond motifs is 1. The Balaban J connectivity index is 2.21. The number of rotatable bonds is 1. The van der Waals surface area contributed by atoms with E-state index >= 15 is 0 Å².